The SMILES string of the molecule is COc1ccc(C2CN(Cc3cc(C(F)(F)F)on3)CCC2NC(=O)Nc2ccc(Cl)cc2)cc1.COc1ccc(C2CN(Cc3cc(C)on3)CCC2NC(=O)Nc2ccc(Cl)cc2)cc1.COc1ccc(C2CN(Cc3ncccn3)CCC2NC(=O)Nc2ccc(Cl)cc2)cc1. The van der Waals surface area contributed by atoms with Gasteiger partial charge in [0.05, 0.1) is 39.3 Å². The number of aromatic nitrogens is 4. The molecule has 3 saturated heterocycles. The lowest BCUT2D eigenvalue weighted by Crippen LogP contribution is -2.50. The van der Waals surface area contributed by atoms with Gasteiger partial charge in [0.25, 0.3) is 0 Å². The second kappa shape index (κ2) is 34.9. The van der Waals surface area contributed by atoms with Crippen LogP contribution in [-0.4, -0.2) is 132 Å². The van der Waals surface area contributed by atoms with Crippen molar-refractivity contribution in [3.05, 3.63) is 237 Å². The van der Waals surface area contributed by atoms with Gasteiger partial charge in [0.15, 0.2) is 0 Å². The molecule has 99 heavy (non-hydrogen) atoms. The number of ether oxygens (including phenoxy) is 3. The number of benzene rings is 6. The number of anilines is 3. The largest absolute Gasteiger partial charge is 0.497 e. The fourth-order valence-electron chi connectivity index (χ4n) is 12.3. The number of piperidine rings is 3. The second-order valence-electron chi connectivity index (χ2n) is 24.1. The highest BCUT2D eigenvalue weighted by Gasteiger charge is 2.38. The second-order valence-corrected chi connectivity index (χ2v) is 25.4. The molecule has 9 aromatic rings. The molecular weight excluding hydrogens is 1340 g/mol. The molecule has 0 radical (unpaired) electrons. The average Bonchev–Trinajstić information content (AvgIpc) is 1.74. The Hall–Kier alpha value is -9.43. The quantitative estimate of drug-likeness (QED) is 0.0468. The number of hydrogen-bond donors (Lipinski definition) is 6. The van der Waals surface area contributed by atoms with Gasteiger partial charge in [-0.3, -0.25) is 14.7 Å². The molecular formula is C72H77Cl3F3N13O8. The number of carbonyl (C=O) groups is 3. The van der Waals surface area contributed by atoms with Crippen LogP contribution in [0.5, 0.6) is 17.2 Å². The zero-order valence-electron chi connectivity index (χ0n) is 54.9. The summed E-state index contributed by atoms with van der Waals surface area (Å²) in [5, 5.41) is 27.5. The summed E-state index contributed by atoms with van der Waals surface area (Å²) in [6.45, 7) is 7.84. The Kier molecular flexibility index (Phi) is 25.5. The Bertz CT molecular complexity index is 4010. The Labute approximate surface area is 587 Å². The van der Waals surface area contributed by atoms with Gasteiger partial charge in [-0.1, -0.05) is 81.5 Å². The highest BCUT2D eigenvalue weighted by Crippen LogP contribution is 2.35. The highest BCUT2D eigenvalue weighted by molar-refractivity contribution is 6.31. The summed E-state index contributed by atoms with van der Waals surface area (Å²) in [7, 11) is 4.89. The number of likely N-dealkylation sites (tertiary alicyclic amines) is 3. The fraction of sp³-hybridized carbons (Fsp3) is 0.319. The number of methoxy groups -OCH3 is 3. The van der Waals surface area contributed by atoms with Crippen LogP contribution in [0.15, 0.2) is 185 Å². The third-order valence-corrected chi connectivity index (χ3v) is 18.0. The van der Waals surface area contributed by atoms with Crippen molar-refractivity contribution in [3.63, 3.8) is 0 Å². The summed E-state index contributed by atoms with van der Waals surface area (Å²) in [6.07, 6.45) is 1.18. The lowest BCUT2D eigenvalue weighted by Gasteiger charge is -2.39. The van der Waals surface area contributed by atoms with Crippen molar-refractivity contribution in [2.45, 2.75) is 87.9 Å². The number of hydrogen-bond acceptors (Lipinski definition) is 15. The smallest absolute Gasteiger partial charge is 0.452 e. The monoisotopic (exact) mass is 1410 g/mol. The van der Waals surface area contributed by atoms with E-state index in [4.69, 9.17) is 53.5 Å². The maximum absolute atomic E-state index is 12.9. The number of nitrogens with zero attached hydrogens (tertiary/aromatic N) is 7. The van der Waals surface area contributed by atoms with E-state index in [1.807, 2.05) is 72.5 Å². The van der Waals surface area contributed by atoms with Crippen molar-refractivity contribution in [1.82, 2.24) is 50.9 Å². The minimum Gasteiger partial charge on any atom is -0.497 e. The highest BCUT2D eigenvalue weighted by atomic mass is 35.5. The van der Waals surface area contributed by atoms with Gasteiger partial charge in [0.2, 0.25) is 5.76 Å². The molecule has 3 aromatic heterocycles. The first-order valence-electron chi connectivity index (χ1n) is 32.1. The molecule has 6 unspecified atom stereocenters. The first-order chi connectivity index (χ1) is 47.8. The van der Waals surface area contributed by atoms with Crippen molar-refractivity contribution in [2.75, 3.05) is 76.5 Å². The van der Waals surface area contributed by atoms with Gasteiger partial charge in [-0.05, 0) is 158 Å². The van der Waals surface area contributed by atoms with Crippen LogP contribution in [0.3, 0.4) is 0 Å². The van der Waals surface area contributed by atoms with Crippen LogP contribution in [0, 0.1) is 6.92 Å². The molecule has 6 amide bonds. The fourth-order valence-corrected chi connectivity index (χ4v) is 12.6. The van der Waals surface area contributed by atoms with Crippen molar-refractivity contribution >= 4 is 70.0 Å². The van der Waals surface area contributed by atoms with Gasteiger partial charge in [-0.15, -0.1) is 0 Å². The Morgan fingerprint density at radius 3 is 1.13 bits per heavy atom. The van der Waals surface area contributed by atoms with Gasteiger partial charge < -0.3 is 55.2 Å². The van der Waals surface area contributed by atoms with Crippen molar-refractivity contribution in [2.24, 2.45) is 0 Å². The van der Waals surface area contributed by atoms with Gasteiger partial charge in [-0.2, -0.15) is 13.2 Å². The molecule has 520 valence electrons. The maximum Gasteiger partial charge on any atom is 0.452 e. The first kappa shape index (κ1) is 72.3. The van der Waals surface area contributed by atoms with E-state index in [1.54, 1.807) is 107 Å². The number of amides is 6. The van der Waals surface area contributed by atoms with E-state index in [1.165, 1.54) is 0 Å². The molecule has 3 aliphatic rings. The summed E-state index contributed by atoms with van der Waals surface area (Å²) in [4.78, 5) is 53.5. The molecule has 12 rings (SSSR count). The molecule has 0 spiro atoms. The topological polar surface area (TPSA) is 239 Å². The van der Waals surface area contributed by atoms with Crippen LogP contribution in [0.4, 0.5) is 44.6 Å². The van der Waals surface area contributed by atoms with Crippen LogP contribution in [0.1, 0.15) is 82.4 Å². The lowest BCUT2D eigenvalue weighted by atomic mass is 9.86. The number of aryl methyl sites for hydroxylation is 1. The summed E-state index contributed by atoms with van der Waals surface area (Å²) in [5.41, 5.74) is 6.42. The Morgan fingerprint density at radius 2 is 0.818 bits per heavy atom. The molecule has 27 heteroatoms. The maximum atomic E-state index is 12.9. The summed E-state index contributed by atoms with van der Waals surface area (Å²) in [6, 6.07) is 48.2. The molecule has 6 aromatic carbocycles. The molecule has 6 atom stereocenters. The summed E-state index contributed by atoms with van der Waals surface area (Å²) in [5.74, 6) is 2.94. The number of halogens is 6. The predicted molar refractivity (Wildman–Crippen MR) is 374 cm³/mol. The van der Waals surface area contributed by atoms with Crippen molar-refractivity contribution in [1.29, 1.82) is 0 Å². The zero-order valence-corrected chi connectivity index (χ0v) is 57.1. The Balaban J connectivity index is 0.000000161. The van der Waals surface area contributed by atoms with E-state index >= 15 is 0 Å². The Morgan fingerprint density at radius 1 is 0.485 bits per heavy atom. The van der Waals surface area contributed by atoms with E-state index in [0.717, 1.165) is 90.6 Å². The van der Waals surface area contributed by atoms with E-state index in [9.17, 15) is 27.6 Å². The van der Waals surface area contributed by atoms with Crippen LogP contribution >= 0.6 is 34.8 Å². The number of carbonyl (C=O) groups excluding carboxylic acids is 3. The standard InChI is InChI=1S/C24H24ClF3N4O3.C24H26ClN5O2.C24H27ClN4O3/c1-34-19-8-2-15(3-9-19)20-14-32(13-18-12-22(35-31-18)24(26,27)28)11-10-21(20)30-23(33)29-17-6-4-16(25)5-7-17;1-32-20-9-3-17(4-10-20)21-15-30(16-23-26-12-2-13-27-23)14-11-22(21)29-24(31)28-19-7-5-18(25)6-8-19;1-16-13-20(28-32-16)14-29-12-11-23(22(15-29)17-3-9-21(31-2)10-4-17)27-24(30)26-19-7-5-18(25)6-8-19/h2-9,12,20-21H,10-11,13-14H2,1H3,(H2,29,30,33);2-10,12-13,21-22H,11,14-16H2,1H3,(H2,28,29,31);3-10,13,22-23H,11-12,14-15H2,1-2H3,(H2,26,27,30). The molecule has 3 aliphatic heterocycles. The van der Waals surface area contributed by atoms with E-state index < -0.39 is 11.9 Å². The van der Waals surface area contributed by atoms with Gasteiger partial charge in [0.1, 0.15) is 28.8 Å². The lowest BCUT2D eigenvalue weighted by molar-refractivity contribution is -0.155. The number of nitrogens with one attached hydrogen (secondary N) is 6. The van der Waals surface area contributed by atoms with E-state index in [0.29, 0.717) is 70.5 Å². The van der Waals surface area contributed by atoms with Crippen LogP contribution in [0.25, 0.3) is 0 Å². The normalized spacial score (nSPS) is 18.8. The predicted octanol–water partition coefficient (Wildman–Crippen LogP) is 14.7. The first-order valence-corrected chi connectivity index (χ1v) is 33.2. The van der Waals surface area contributed by atoms with E-state index in [2.05, 4.69) is 90.8 Å². The van der Waals surface area contributed by atoms with Crippen molar-refractivity contribution in [3.8, 4) is 17.2 Å². The molecule has 0 bridgehead atoms. The third kappa shape index (κ3) is 21.5. The van der Waals surface area contributed by atoms with Crippen LogP contribution in [-0.2, 0) is 25.8 Å². The van der Waals surface area contributed by atoms with Gasteiger partial charge in [0, 0.05) is 145 Å². The minimum atomic E-state index is -4.58. The van der Waals surface area contributed by atoms with Gasteiger partial charge >= 0.3 is 24.3 Å². The molecule has 3 fully saturated rings. The van der Waals surface area contributed by atoms with Crippen LogP contribution < -0.4 is 46.1 Å². The minimum absolute atomic E-state index is 0.00834. The zero-order chi connectivity index (χ0) is 69.8. The number of urea groups is 3. The summed E-state index contributed by atoms with van der Waals surface area (Å²) >= 11 is 17.8. The van der Waals surface area contributed by atoms with E-state index in [-0.39, 0.29) is 66.2 Å². The third-order valence-electron chi connectivity index (χ3n) is 17.2. The number of rotatable bonds is 18. The number of alkyl halides is 3. The summed E-state index contributed by atoms with van der Waals surface area (Å²) < 4.78 is 64.1. The molecule has 6 N–H and O–H groups in total. The molecule has 0 aliphatic carbocycles. The van der Waals surface area contributed by atoms with Crippen LogP contribution in [0.2, 0.25) is 15.1 Å². The average molecular weight is 1420 g/mol. The molecule has 6 heterocycles. The molecule has 21 nitrogen and oxygen atoms in total. The molecule has 0 saturated carbocycles. The van der Waals surface area contributed by atoms with Crippen molar-refractivity contribution < 1.29 is 50.8 Å². The van der Waals surface area contributed by atoms with Gasteiger partial charge in [-0.25, -0.2) is 24.4 Å².